The van der Waals surface area contributed by atoms with E-state index in [1.165, 1.54) is 49.9 Å². The second-order valence-electron chi connectivity index (χ2n) is 10.5. The molecule has 5 heteroatoms. The van der Waals surface area contributed by atoms with Crippen molar-refractivity contribution in [2.45, 2.75) is 75.8 Å². The van der Waals surface area contributed by atoms with E-state index in [4.69, 9.17) is 4.74 Å². The Balaban J connectivity index is 1.36. The third-order valence-corrected chi connectivity index (χ3v) is 8.73. The summed E-state index contributed by atoms with van der Waals surface area (Å²) in [5.74, 6) is 2.66. The van der Waals surface area contributed by atoms with Gasteiger partial charge in [0.05, 0.1) is 13.2 Å². The van der Waals surface area contributed by atoms with Gasteiger partial charge in [-0.1, -0.05) is 19.4 Å². The van der Waals surface area contributed by atoms with Gasteiger partial charge in [0, 0.05) is 24.5 Å². The molecule has 5 nitrogen and oxygen atoms in total. The van der Waals surface area contributed by atoms with Gasteiger partial charge in [0.1, 0.15) is 5.75 Å². The van der Waals surface area contributed by atoms with Gasteiger partial charge >= 0.3 is 0 Å². The number of carbonyl (C=O) groups excluding carboxylic acids is 1. The van der Waals surface area contributed by atoms with E-state index in [1.54, 1.807) is 7.11 Å². The zero-order chi connectivity index (χ0) is 21.4. The van der Waals surface area contributed by atoms with Gasteiger partial charge in [-0.25, -0.2) is 0 Å². The van der Waals surface area contributed by atoms with Gasteiger partial charge in [0.2, 0.25) is 5.91 Å². The van der Waals surface area contributed by atoms with Gasteiger partial charge in [-0.05, 0) is 93.1 Å². The number of carbonyl (C=O) groups is 1. The average molecular weight is 426 g/mol. The summed E-state index contributed by atoms with van der Waals surface area (Å²) in [6.07, 6.45) is 9.46. The number of piperidine rings is 2. The molecule has 2 aliphatic heterocycles. The lowest BCUT2D eigenvalue weighted by Gasteiger charge is -2.56. The van der Waals surface area contributed by atoms with Crippen LogP contribution in [0.15, 0.2) is 18.2 Å². The molecule has 2 bridgehead atoms. The van der Waals surface area contributed by atoms with Crippen LogP contribution < -0.4 is 15.4 Å². The summed E-state index contributed by atoms with van der Waals surface area (Å²) in [7, 11) is 1.76. The number of benzene rings is 1. The first-order valence-electron chi connectivity index (χ1n) is 12.5. The Hall–Kier alpha value is -1.59. The molecule has 2 N–H and O–H groups in total. The minimum absolute atomic E-state index is 0.00412. The Morgan fingerprint density at radius 2 is 2.16 bits per heavy atom. The summed E-state index contributed by atoms with van der Waals surface area (Å²) < 4.78 is 5.61. The highest BCUT2D eigenvalue weighted by atomic mass is 16.5. The van der Waals surface area contributed by atoms with Gasteiger partial charge in [0.15, 0.2) is 0 Å². The lowest BCUT2D eigenvalue weighted by molar-refractivity contribution is -0.123. The zero-order valence-corrected chi connectivity index (χ0v) is 19.3. The number of fused-ring (bicyclic) bond motifs is 4. The van der Waals surface area contributed by atoms with Crippen LogP contribution in [0, 0.1) is 11.8 Å². The molecule has 170 valence electrons. The molecule has 0 aromatic heterocycles. The van der Waals surface area contributed by atoms with Gasteiger partial charge in [-0.2, -0.15) is 0 Å². The van der Waals surface area contributed by atoms with Crippen molar-refractivity contribution in [2.75, 3.05) is 33.3 Å². The van der Waals surface area contributed by atoms with Crippen molar-refractivity contribution in [1.29, 1.82) is 0 Å². The molecule has 0 radical (unpaired) electrons. The zero-order valence-electron chi connectivity index (χ0n) is 19.3. The maximum absolute atomic E-state index is 12.7. The fraction of sp³-hybridized carbons (Fsp3) is 0.731. The van der Waals surface area contributed by atoms with Gasteiger partial charge in [0.25, 0.3) is 0 Å². The molecule has 2 saturated heterocycles. The van der Waals surface area contributed by atoms with Crippen LogP contribution in [0.25, 0.3) is 0 Å². The van der Waals surface area contributed by atoms with Crippen molar-refractivity contribution in [2.24, 2.45) is 11.8 Å². The predicted octanol–water partition coefficient (Wildman–Crippen LogP) is 3.26. The Morgan fingerprint density at radius 1 is 1.29 bits per heavy atom. The van der Waals surface area contributed by atoms with Crippen molar-refractivity contribution in [3.8, 4) is 5.75 Å². The molecule has 4 atom stereocenters. The van der Waals surface area contributed by atoms with Crippen molar-refractivity contribution in [1.82, 2.24) is 15.5 Å². The van der Waals surface area contributed by atoms with Crippen molar-refractivity contribution in [3.05, 3.63) is 29.3 Å². The first-order valence-corrected chi connectivity index (χ1v) is 12.5. The number of amides is 1. The molecule has 1 unspecified atom stereocenters. The van der Waals surface area contributed by atoms with E-state index < -0.39 is 0 Å². The van der Waals surface area contributed by atoms with E-state index in [0.29, 0.717) is 12.0 Å². The number of nitrogens with one attached hydrogen (secondary N) is 2. The SMILES string of the molecule is COc1ccc2c(c1)C1(CCNC(=O)[C@@H]3CCCCN3)CCN(CC3CC3)[C@H](C2)[C@@H]1C. The van der Waals surface area contributed by atoms with Crippen LogP contribution in [0.3, 0.4) is 0 Å². The molecule has 1 aromatic rings. The third-order valence-electron chi connectivity index (χ3n) is 8.73. The highest BCUT2D eigenvalue weighted by molar-refractivity contribution is 5.81. The standard InChI is InChI=1S/C26H39N3O2/c1-18-24-15-20-8-9-21(31-2)16-22(20)26(18,11-14-29(24)17-19-6-7-19)10-13-28-25(30)23-5-3-4-12-27-23/h8-9,16,18-19,23-24,27H,3-7,10-15,17H2,1-2H3,(H,28,30)/t18-,23-,24+,26?/m0/s1. The van der Waals surface area contributed by atoms with E-state index in [1.807, 2.05) is 0 Å². The number of ether oxygens (including phenoxy) is 1. The average Bonchev–Trinajstić information content (AvgIpc) is 3.62. The highest BCUT2D eigenvalue weighted by Gasteiger charge is 2.51. The second-order valence-corrected chi connectivity index (χ2v) is 10.5. The van der Waals surface area contributed by atoms with Gasteiger partial charge in [-0.15, -0.1) is 0 Å². The van der Waals surface area contributed by atoms with Crippen LogP contribution in [0.4, 0.5) is 0 Å². The van der Waals surface area contributed by atoms with Crippen LogP contribution in [-0.4, -0.2) is 56.2 Å². The molecule has 5 rings (SSSR count). The predicted molar refractivity (Wildman–Crippen MR) is 124 cm³/mol. The lowest BCUT2D eigenvalue weighted by Crippen LogP contribution is -2.60. The Morgan fingerprint density at radius 3 is 2.90 bits per heavy atom. The first kappa shape index (κ1) is 21.3. The number of hydrogen-bond donors (Lipinski definition) is 2. The van der Waals surface area contributed by atoms with E-state index in [0.717, 1.165) is 50.4 Å². The second kappa shape index (κ2) is 8.74. The number of likely N-dealkylation sites (tertiary alicyclic amines) is 1. The minimum atomic E-state index is -0.00412. The summed E-state index contributed by atoms with van der Waals surface area (Å²) in [4.78, 5) is 15.5. The monoisotopic (exact) mass is 425 g/mol. The highest BCUT2D eigenvalue weighted by Crippen LogP contribution is 2.52. The van der Waals surface area contributed by atoms with E-state index in [9.17, 15) is 4.79 Å². The lowest BCUT2D eigenvalue weighted by atomic mass is 9.56. The number of rotatable bonds is 7. The van der Waals surface area contributed by atoms with Crippen molar-refractivity contribution >= 4 is 5.91 Å². The van der Waals surface area contributed by atoms with Crippen LogP contribution in [0.5, 0.6) is 5.75 Å². The molecular weight excluding hydrogens is 386 g/mol. The van der Waals surface area contributed by atoms with E-state index >= 15 is 0 Å². The number of methoxy groups -OCH3 is 1. The third kappa shape index (κ3) is 4.11. The smallest absolute Gasteiger partial charge is 0.237 e. The van der Waals surface area contributed by atoms with E-state index in [2.05, 4.69) is 40.7 Å². The van der Waals surface area contributed by atoms with Gasteiger partial charge in [-0.3, -0.25) is 9.69 Å². The molecule has 2 heterocycles. The summed E-state index contributed by atoms with van der Waals surface area (Å²) in [5, 5.41) is 6.67. The Labute approximate surface area is 187 Å². The minimum Gasteiger partial charge on any atom is -0.497 e. The molecule has 1 aromatic carbocycles. The van der Waals surface area contributed by atoms with Crippen molar-refractivity contribution in [3.63, 3.8) is 0 Å². The normalized spacial score (nSPS) is 32.9. The maximum atomic E-state index is 12.7. The number of hydrogen-bond acceptors (Lipinski definition) is 4. The Bertz CT molecular complexity index is 802. The molecule has 0 spiro atoms. The van der Waals surface area contributed by atoms with Crippen molar-refractivity contribution < 1.29 is 9.53 Å². The molecule has 2 aliphatic carbocycles. The number of nitrogens with zero attached hydrogens (tertiary/aromatic N) is 1. The molecule has 1 saturated carbocycles. The molecule has 1 amide bonds. The Kier molecular flexibility index (Phi) is 6.00. The van der Waals surface area contributed by atoms with Crippen LogP contribution in [0.2, 0.25) is 0 Å². The molecule has 31 heavy (non-hydrogen) atoms. The summed E-state index contributed by atoms with van der Waals surface area (Å²) >= 11 is 0. The molecular formula is C26H39N3O2. The van der Waals surface area contributed by atoms with Crippen LogP contribution in [0.1, 0.15) is 63.0 Å². The topological polar surface area (TPSA) is 53.6 Å². The fourth-order valence-corrected chi connectivity index (χ4v) is 6.61. The van der Waals surface area contributed by atoms with Crippen LogP contribution in [-0.2, 0) is 16.6 Å². The maximum Gasteiger partial charge on any atom is 0.237 e. The summed E-state index contributed by atoms with van der Waals surface area (Å²) in [6.45, 7) is 6.65. The first-order chi connectivity index (χ1) is 15.1. The van der Waals surface area contributed by atoms with Crippen LogP contribution >= 0.6 is 0 Å². The van der Waals surface area contributed by atoms with E-state index in [-0.39, 0.29) is 17.4 Å². The fourth-order valence-electron chi connectivity index (χ4n) is 6.61. The summed E-state index contributed by atoms with van der Waals surface area (Å²) in [5.41, 5.74) is 3.09. The summed E-state index contributed by atoms with van der Waals surface area (Å²) in [6, 6.07) is 7.33. The quantitative estimate of drug-likeness (QED) is 0.704. The molecule has 3 fully saturated rings. The largest absolute Gasteiger partial charge is 0.497 e. The molecule has 4 aliphatic rings. The van der Waals surface area contributed by atoms with Gasteiger partial charge < -0.3 is 15.4 Å².